The lowest BCUT2D eigenvalue weighted by Gasteiger charge is -2.15. The Labute approximate surface area is 101 Å². The highest BCUT2D eigenvalue weighted by atomic mass is 35.5. The van der Waals surface area contributed by atoms with E-state index in [1.54, 1.807) is 6.92 Å². The summed E-state index contributed by atoms with van der Waals surface area (Å²) in [4.78, 5) is 0.195. The largest absolute Gasteiger partial charge is 0.281 e. The quantitative estimate of drug-likeness (QED) is 0.764. The van der Waals surface area contributed by atoms with E-state index in [1.165, 1.54) is 6.20 Å². The molecule has 1 aromatic heterocycles. The second-order valence-corrected chi connectivity index (χ2v) is 5.62. The number of aromatic amines is 1. The van der Waals surface area contributed by atoms with Gasteiger partial charge in [-0.1, -0.05) is 6.92 Å². The Morgan fingerprint density at radius 1 is 1.62 bits per heavy atom. The van der Waals surface area contributed by atoms with Gasteiger partial charge in [0.15, 0.2) is 0 Å². The van der Waals surface area contributed by atoms with E-state index in [0.717, 1.165) is 0 Å². The van der Waals surface area contributed by atoms with Crippen LogP contribution in [0.4, 0.5) is 0 Å². The molecule has 5 nitrogen and oxygen atoms in total. The van der Waals surface area contributed by atoms with Gasteiger partial charge in [0, 0.05) is 11.9 Å². The number of nitrogens with zero attached hydrogens (tertiary/aromatic N) is 1. The van der Waals surface area contributed by atoms with Crippen LogP contribution in [0.25, 0.3) is 0 Å². The zero-order chi connectivity index (χ0) is 12.2. The van der Waals surface area contributed by atoms with Crippen LogP contribution in [0.2, 0.25) is 0 Å². The van der Waals surface area contributed by atoms with E-state index in [-0.39, 0.29) is 10.9 Å². The van der Waals surface area contributed by atoms with E-state index < -0.39 is 10.0 Å². The topological polar surface area (TPSA) is 74.8 Å². The Morgan fingerprint density at radius 3 is 2.75 bits per heavy atom. The van der Waals surface area contributed by atoms with E-state index in [2.05, 4.69) is 14.9 Å². The summed E-state index contributed by atoms with van der Waals surface area (Å²) in [6.07, 6.45) is 2.64. The maximum absolute atomic E-state index is 11.9. The zero-order valence-electron chi connectivity index (χ0n) is 9.33. The van der Waals surface area contributed by atoms with Crippen LogP contribution in [0.5, 0.6) is 0 Å². The summed E-state index contributed by atoms with van der Waals surface area (Å²) in [6, 6.07) is -0.128. The van der Waals surface area contributed by atoms with Crippen molar-refractivity contribution in [2.24, 2.45) is 0 Å². The number of sulfonamides is 1. The molecule has 0 amide bonds. The van der Waals surface area contributed by atoms with E-state index in [9.17, 15) is 8.42 Å². The number of hydrogen-bond acceptors (Lipinski definition) is 3. The van der Waals surface area contributed by atoms with Gasteiger partial charge in [0.05, 0.1) is 11.9 Å². The molecule has 0 bridgehead atoms. The Hall–Kier alpha value is -0.590. The fraction of sp³-hybridized carbons (Fsp3) is 0.667. The third kappa shape index (κ3) is 3.20. The third-order valence-electron chi connectivity index (χ3n) is 2.35. The first-order valence-corrected chi connectivity index (χ1v) is 7.11. The number of aryl methyl sites for hydroxylation is 1. The van der Waals surface area contributed by atoms with Gasteiger partial charge in [-0.3, -0.25) is 5.10 Å². The average Bonchev–Trinajstić information content (AvgIpc) is 2.64. The van der Waals surface area contributed by atoms with Crippen molar-refractivity contribution in [1.29, 1.82) is 0 Å². The van der Waals surface area contributed by atoms with Gasteiger partial charge >= 0.3 is 0 Å². The molecule has 1 heterocycles. The summed E-state index contributed by atoms with van der Waals surface area (Å²) in [5.41, 5.74) is 0.535. The molecule has 0 aliphatic carbocycles. The second kappa shape index (κ2) is 5.65. The maximum Gasteiger partial charge on any atom is 0.244 e. The molecule has 2 N–H and O–H groups in total. The first kappa shape index (κ1) is 13.5. The molecule has 0 aliphatic heterocycles. The summed E-state index contributed by atoms with van der Waals surface area (Å²) in [5, 5.41) is 6.30. The van der Waals surface area contributed by atoms with Crippen molar-refractivity contribution >= 4 is 21.6 Å². The standard InChI is InChI=1S/C9H16ClN3O2S/c1-3-8(4-5-10)13-16(14,15)9-6-11-12-7(9)2/h6,8,13H,3-5H2,1-2H3,(H,11,12). The Bertz CT molecular complexity index is 430. The van der Waals surface area contributed by atoms with Gasteiger partial charge in [-0.05, 0) is 19.8 Å². The fourth-order valence-electron chi connectivity index (χ4n) is 1.37. The predicted octanol–water partition coefficient (Wildman–Crippen LogP) is 1.40. The fourth-order valence-corrected chi connectivity index (χ4v) is 3.13. The molecule has 1 atom stereocenters. The van der Waals surface area contributed by atoms with Crippen LogP contribution < -0.4 is 4.72 Å². The Kier molecular flexibility index (Phi) is 4.76. The lowest BCUT2D eigenvalue weighted by Crippen LogP contribution is -2.34. The van der Waals surface area contributed by atoms with Gasteiger partial charge in [-0.15, -0.1) is 11.6 Å². The zero-order valence-corrected chi connectivity index (χ0v) is 10.9. The van der Waals surface area contributed by atoms with Crippen LogP contribution in [0.15, 0.2) is 11.1 Å². The Balaban J connectivity index is 2.83. The van der Waals surface area contributed by atoms with Gasteiger partial charge in [0.1, 0.15) is 4.90 Å². The van der Waals surface area contributed by atoms with Gasteiger partial charge < -0.3 is 0 Å². The summed E-state index contributed by atoms with van der Waals surface area (Å²) in [5.74, 6) is 0.436. The molecule has 1 unspecified atom stereocenters. The van der Waals surface area contributed by atoms with Gasteiger partial charge in [0.2, 0.25) is 10.0 Å². The van der Waals surface area contributed by atoms with Crippen molar-refractivity contribution in [3.63, 3.8) is 0 Å². The van der Waals surface area contributed by atoms with Crippen molar-refractivity contribution < 1.29 is 8.42 Å². The normalized spacial score (nSPS) is 13.9. The number of aromatic nitrogens is 2. The second-order valence-electron chi connectivity index (χ2n) is 3.56. The van der Waals surface area contributed by atoms with Crippen molar-refractivity contribution in [3.05, 3.63) is 11.9 Å². The molecule has 92 valence electrons. The minimum atomic E-state index is -3.48. The van der Waals surface area contributed by atoms with Crippen molar-refractivity contribution in [1.82, 2.24) is 14.9 Å². The van der Waals surface area contributed by atoms with Crippen LogP contribution in [0.3, 0.4) is 0 Å². The van der Waals surface area contributed by atoms with Crippen molar-refractivity contribution in [3.8, 4) is 0 Å². The molecular formula is C9H16ClN3O2S. The summed E-state index contributed by atoms with van der Waals surface area (Å²) < 4.78 is 26.5. The number of halogens is 1. The van der Waals surface area contributed by atoms with Crippen LogP contribution >= 0.6 is 11.6 Å². The SMILES string of the molecule is CCC(CCCl)NS(=O)(=O)c1cn[nH]c1C. The minimum Gasteiger partial charge on any atom is -0.281 e. The van der Waals surface area contributed by atoms with Crippen LogP contribution in [-0.4, -0.2) is 30.5 Å². The number of alkyl halides is 1. The molecular weight excluding hydrogens is 250 g/mol. The molecule has 0 saturated carbocycles. The van der Waals surface area contributed by atoms with Gasteiger partial charge in [0.25, 0.3) is 0 Å². The molecule has 0 aliphatic rings. The van der Waals surface area contributed by atoms with Crippen LogP contribution in [-0.2, 0) is 10.0 Å². The molecule has 0 fully saturated rings. The number of nitrogens with one attached hydrogen (secondary N) is 2. The van der Waals surface area contributed by atoms with Gasteiger partial charge in [-0.2, -0.15) is 5.10 Å². The maximum atomic E-state index is 11.9. The van der Waals surface area contributed by atoms with E-state index in [1.807, 2.05) is 6.92 Å². The number of hydrogen-bond donors (Lipinski definition) is 2. The molecule has 0 aromatic carbocycles. The van der Waals surface area contributed by atoms with E-state index >= 15 is 0 Å². The van der Waals surface area contributed by atoms with E-state index in [0.29, 0.717) is 24.4 Å². The highest BCUT2D eigenvalue weighted by Gasteiger charge is 2.21. The molecule has 0 spiro atoms. The lowest BCUT2D eigenvalue weighted by molar-refractivity contribution is 0.531. The monoisotopic (exact) mass is 265 g/mol. The summed E-state index contributed by atoms with van der Waals surface area (Å²) in [6.45, 7) is 3.59. The number of rotatable bonds is 6. The summed E-state index contributed by atoms with van der Waals surface area (Å²) >= 11 is 5.61. The molecule has 1 aromatic rings. The minimum absolute atomic E-state index is 0.128. The molecule has 16 heavy (non-hydrogen) atoms. The Morgan fingerprint density at radius 2 is 2.31 bits per heavy atom. The lowest BCUT2D eigenvalue weighted by atomic mass is 10.2. The summed E-state index contributed by atoms with van der Waals surface area (Å²) in [7, 11) is -3.48. The van der Waals surface area contributed by atoms with Crippen LogP contribution in [0, 0.1) is 6.92 Å². The first-order chi connectivity index (χ1) is 7.51. The molecule has 1 rings (SSSR count). The third-order valence-corrected chi connectivity index (χ3v) is 4.20. The first-order valence-electron chi connectivity index (χ1n) is 5.09. The number of H-pyrrole nitrogens is 1. The molecule has 0 radical (unpaired) electrons. The van der Waals surface area contributed by atoms with Crippen molar-refractivity contribution in [2.45, 2.75) is 37.6 Å². The molecule has 0 saturated heterocycles. The smallest absolute Gasteiger partial charge is 0.244 e. The highest BCUT2D eigenvalue weighted by molar-refractivity contribution is 7.89. The predicted molar refractivity (Wildman–Crippen MR) is 63.1 cm³/mol. The average molecular weight is 266 g/mol. The molecule has 7 heteroatoms. The van der Waals surface area contributed by atoms with Crippen LogP contribution in [0.1, 0.15) is 25.5 Å². The van der Waals surface area contributed by atoms with E-state index in [4.69, 9.17) is 11.6 Å². The van der Waals surface area contributed by atoms with Gasteiger partial charge in [-0.25, -0.2) is 13.1 Å². The highest BCUT2D eigenvalue weighted by Crippen LogP contribution is 2.13. The van der Waals surface area contributed by atoms with Crippen molar-refractivity contribution in [2.75, 3.05) is 5.88 Å².